The van der Waals surface area contributed by atoms with Crippen LogP contribution < -0.4 is 11.1 Å². The normalized spacial score (nSPS) is 26.7. The van der Waals surface area contributed by atoms with Crippen molar-refractivity contribution < 1.29 is 0 Å². The second-order valence-electron chi connectivity index (χ2n) is 5.76. The molecule has 1 aliphatic carbocycles. The van der Waals surface area contributed by atoms with Crippen molar-refractivity contribution in [1.29, 1.82) is 0 Å². The van der Waals surface area contributed by atoms with Crippen LogP contribution in [0.2, 0.25) is 0 Å². The van der Waals surface area contributed by atoms with Gasteiger partial charge >= 0.3 is 0 Å². The average Bonchev–Trinajstić information content (AvgIpc) is 2.74. The minimum Gasteiger partial charge on any atom is -0.397 e. The van der Waals surface area contributed by atoms with E-state index in [1.54, 1.807) is 6.20 Å². The van der Waals surface area contributed by atoms with Gasteiger partial charge in [-0.3, -0.25) is 4.98 Å². The highest BCUT2D eigenvalue weighted by atomic mass is 15.0. The van der Waals surface area contributed by atoms with Gasteiger partial charge in [-0.25, -0.2) is 0 Å². The number of anilines is 2. The average molecular weight is 255 g/mol. The van der Waals surface area contributed by atoms with E-state index in [1.165, 1.54) is 12.8 Å². The molecule has 3 nitrogen and oxygen atoms in total. The number of nitrogens with one attached hydrogen (secondary N) is 1. The lowest BCUT2D eigenvalue weighted by molar-refractivity contribution is 0.435. The van der Waals surface area contributed by atoms with E-state index < -0.39 is 0 Å². The van der Waals surface area contributed by atoms with Gasteiger partial charge in [-0.15, -0.1) is 0 Å². The number of pyridine rings is 1. The summed E-state index contributed by atoms with van der Waals surface area (Å²) in [6, 6.07) is 8.59. The SMILES string of the molecule is CC1CCC(Nc2ccc3ncccc3c2N)C1C. The molecular weight excluding hydrogens is 234 g/mol. The van der Waals surface area contributed by atoms with Crippen LogP contribution in [0.25, 0.3) is 10.9 Å². The first kappa shape index (κ1) is 12.3. The Morgan fingerprint density at radius 2 is 2.05 bits per heavy atom. The fourth-order valence-electron chi connectivity index (χ4n) is 3.07. The fourth-order valence-corrected chi connectivity index (χ4v) is 3.07. The van der Waals surface area contributed by atoms with Gasteiger partial charge in [0.05, 0.1) is 16.9 Å². The van der Waals surface area contributed by atoms with Crippen molar-refractivity contribution in [2.45, 2.75) is 32.7 Å². The molecule has 2 aromatic rings. The molecule has 19 heavy (non-hydrogen) atoms. The first-order valence-corrected chi connectivity index (χ1v) is 7.06. The summed E-state index contributed by atoms with van der Waals surface area (Å²) in [5.74, 6) is 1.49. The van der Waals surface area contributed by atoms with Gasteiger partial charge in [-0.1, -0.05) is 13.8 Å². The monoisotopic (exact) mass is 255 g/mol. The van der Waals surface area contributed by atoms with E-state index in [2.05, 4.69) is 30.2 Å². The zero-order valence-corrected chi connectivity index (χ0v) is 11.6. The molecule has 3 rings (SSSR count). The summed E-state index contributed by atoms with van der Waals surface area (Å²) in [4.78, 5) is 4.33. The quantitative estimate of drug-likeness (QED) is 0.805. The molecule has 0 amide bonds. The summed E-state index contributed by atoms with van der Waals surface area (Å²) in [5, 5.41) is 4.66. The molecule has 3 unspecified atom stereocenters. The lowest BCUT2D eigenvalue weighted by Gasteiger charge is -2.22. The summed E-state index contributed by atoms with van der Waals surface area (Å²) >= 11 is 0. The molecule has 3 atom stereocenters. The summed E-state index contributed by atoms with van der Waals surface area (Å²) in [6.07, 6.45) is 4.33. The Kier molecular flexibility index (Phi) is 3.05. The van der Waals surface area contributed by atoms with Gasteiger partial charge in [-0.05, 0) is 48.9 Å². The van der Waals surface area contributed by atoms with Crippen LogP contribution in [0.4, 0.5) is 11.4 Å². The van der Waals surface area contributed by atoms with E-state index in [9.17, 15) is 0 Å². The molecule has 1 aromatic carbocycles. The van der Waals surface area contributed by atoms with Crippen molar-refractivity contribution >= 4 is 22.3 Å². The molecule has 3 N–H and O–H groups in total. The molecule has 0 spiro atoms. The highest BCUT2D eigenvalue weighted by Gasteiger charge is 2.29. The van der Waals surface area contributed by atoms with Gasteiger partial charge in [0.25, 0.3) is 0 Å². The van der Waals surface area contributed by atoms with Crippen LogP contribution in [0.3, 0.4) is 0 Å². The number of benzene rings is 1. The molecule has 1 fully saturated rings. The summed E-state index contributed by atoms with van der Waals surface area (Å²) in [7, 11) is 0. The summed E-state index contributed by atoms with van der Waals surface area (Å²) in [5.41, 5.74) is 9.10. The van der Waals surface area contributed by atoms with Crippen LogP contribution >= 0.6 is 0 Å². The molecule has 100 valence electrons. The van der Waals surface area contributed by atoms with E-state index in [0.717, 1.165) is 28.2 Å². The zero-order chi connectivity index (χ0) is 13.4. The standard InChI is InChI=1S/C16H21N3/c1-10-5-6-13(11(10)2)19-15-8-7-14-12(16(15)17)4-3-9-18-14/h3-4,7-11,13,19H,5-6,17H2,1-2H3. The fraction of sp³-hybridized carbons (Fsp3) is 0.438. The third-order valence-corrected chi connectivity index (χ3v) is 4.63. The maximum Gasteiger partial charge on any atom is 0.0724 e. The number of fused-ring (bicyclic) bond motifs is 1. The smallest absolute Gasteiger partial charge is 0.0724 e. The molecule has 3 heteroatoms. The Morgan fingerprint density at radius 3 is 2.79 bits per heavy atom. The topological polar surface area (TPSA) is 50.9 Å². The Bertz CT molecular complexity index is 594. The molecule has 1 saturated carbocycles. The Labute approximate surface area is 114 Å². The Morgan fingerprint density at radius 1 is 1.21 bits per heavy atom. The third kappa shape index (κ3) is 2.14. The molecular formula is C16H21N3. The van der Waals surface area contributed by atoms with Crippen molar-refractivity contribution in [3.63, 3.8) is 0 Å². The largest absolute Gasteiger partial charge is 0.397 e. The van der Waals surface area contributed by atoms with Crippen LogP contribution in [0.1, 0.15) is 26.7 Å². The predicted molar refractivity (Wildman–Crippen MR) is 81.1 cm³/mol. The van der Waals surface area contributed by atoms with Crippen molar-refractivity contribution in [2.75, 3.05) is 11.1 Å². The van der Waals surface area contributed by atoms with E-state index in [1.807, 2.05) is 18.2 Å². The number of hydrogen-bond donors (Lipinski definition) is 2. The molecule has 0 saturated heterocycles. The molecule has 1 aliphatic rings. The first-order chi connectivity index (χ1) is 9.16. The van der Waals surface area contributed by atoms with E-state index in [0.29, 0.717) is 12.0 Å². The highest BCUT2D eigenvalue weighted by Crippen LogP contribution is 2.35. The van der Waals surface area contributed by atoms with Crippen molar-refractivity contribution in [3.8, 4) is 0 Å². The second-order valence-corrected chi connectivity index (χ2v) is 5.76. The maximum absolute atomic E-state index is 6.27. The molecule has 1 aromatic heterocycles. The zero-order valence-electron chi connectivity index (χ0n) is 11.6. The van der Waals surface area contributed by atoms with Gasteiger partial charge in [0.2, 0.25) is 0 Å². The minimum atomic E-state index is 0.534. The van der Waals surface area contributed by atoms with Crippen LogP contribution in [0.5, 0.6) is 0 Å². The number of nitrogens with zero attached hydrogens (tertiary/aromatic N) is 1. The van der Waals surface area contributed by atoms with E-state index >= 15 is 0 Å². The van der Waals surface area contributed by atoms with E-state index in [4.69, 9.17) is 5.73 Å². The number of aromatic nitrogens is 1. The van der Waals surface area contributed by atoms with Crippen LogP contribution in [0.15, 0.2) is 30.5 Å². The maximum atomic E-state index is 6.27. The predicted octanol–water partition coefficient (Wildman–Crippen LogP) is 3.66. The molecule has 0 aliphatic heterocycles. The van der Waals surface area contributed by atoms with Crippen LogP contribution in [-0.2, 0) is 0 Å². The lowest BCUT2D eigenvalue weighted by Crippen LogP contribution is -2.24. The van der Waals surface area contributed by atoms with Crippen LogP contribution in [-0.4, -0.2) is 11.0 Å². The number of nitrogens with two attached hydrogens (primary N) is 1. The summed E-state index contributed by atoms with van der Waals surface area (Å²) < 4.78 is 0. The van der Waals surface area contributed by atoms with Gasteiger partial charge in [-0.2, -0.15) is 0 Å². The number of nitrogen functional groups attached to an aromatic ring is 1. The minimum absolute atomic E-state index is 0.534. The molecule has 1 heterocycles. The van der Waals surface area contributed by atoms with Gasteiger partial charge < -0.3 is 11.1 Å². The number of rotatable bonds is 2. The lowest BCUT2D eigenvalue weighted by atomic mass is 9.97. The van der Waals surface area contributed by atoms with Crippen molar-refractivity contribution in [2.24, 2.45) is 11.8 Å². The Balaban J connectivity index is 1.91. The Hall–Kier alpha value is -1.77. The highest BCUT2D eigenvalue weighted by molar-refractivity contribution is 5.96. The van der Waals surface area contributed by atoms with Gasteiger partial charge in [0.1, 0.15) is 0 Å². The van der Waals surface area contributed by atoms with Crippen molar-refractivity contribution in [3.05, 3.63) is 30.5 Å². The molecule has 0 bridgehead atoms. The second kappa shape index (κ2) is 4.72. The van der Waals surface area contributed by atoms with Crippen molar-refractivity contribution in [1.82, 2.24) is 4.98 Å². The number of hydrogen-bond acceptors (Lipinski definition) is 3. The third-order valence-electron chi connectivity index (χ3n) is 4.63. The summed E-state index contributed by atoms with van der Waals surface area (Å²) in [6.45, 7) is 4.66. The molecule has 0 radical (unpaired) electrons. The van der Waals surface area contributed by atoms with E-state index in [-0.39, 0.29) is 0 Å². The van der Waals surface area contributed by atoms with Crippen LogP contribution in [0, 0.1) is 11.8 Å². The van der Waals surface area contributed by atoms with Gasteiger partial charge in [0, 0.05) is 17.6 Å². The van der Waals surface area contributed by atoms with Gasteiger partial charge in [0.15, 0.2) is 0 Å². The first-order valence-electron chi connectivity index (χ1n) is 7.06.